The summed E-state index contributed by atoms with van der Waals surface area (Å²) in [4.78, 5) is 0. The average Bonchev–Trinajstić information content (AvgIpc) is 2.42. The minimum absolute atomic E-state index is 0.273. The van der Waals surface area contributed by atoms with Crippen LogP contribution in [0.4, 0.5) is 4.39 Å². The third-order valence-electron chi connectivity index (χ3n) is 3.49. The monoisotopic (exact) mass is 253 g/mol. The zero-order chi connectivity index (χ0) is 13.0. The molecule has 1 aromatic carbocycles. The van der Waals surface area contributed by atoms with Gasteiger partial charge in [0.2, 0.25) is 0 Å². The van der Waals surface area contributed by atoms with Gasteiger partial charge < -0.3 is 14.8 Å². The van der Waals surface area contributed by atoms with Crippen molar-refractivity contribution in [2.24, 2.45) is 0 Å². The van der Waals surface area contributed by atoms with Gasteiger partial charge in [0.15, 0.2) is 11.6 Å². The van der Waals surface area contributed by atoms with Crippen LogP contribution in [0.3, 0.4) is 0 Å². The van der Waals surface area contributed by atoms with E-state index >= 15 is 0 Å². The highest BCUT2D eigenvalue weighted by Crippen LogP contribution is 2.35. The minimum Gasteiger partial charge on any atom is -0.493 e. The van der Waals surface area contributed by atoms with Gasteiger partial charge in [0.25, 0.3) is 0 Å². The van der Waals surface area contributed by atoms with Crippen LogP contribution < -0.4 is 10.1 Å². The van der Waals surface area contributed by atoms with Crippen LogP contribution in [0.25, 0.3) is 0 Å². The van der Waals surface area contributed by atoms with Crippen molar-refractivity contribution in [2.45, 2.75) is 25.4 Å². The van der Waals surface area contributed by atoms with Gasteiger partial charge >= 0.3 is 0 Å². The van der Waals surface area contributed by atoms with Crippen molar-refractivity contribution in [1.82, 2.24) is 5.32 Å². The Morgan fingerprint density at radius 2 is 2.00 bits per heavy atom. The van der Waals surface area contributed by atoms with Crippen LogP contribution in [0.1, 0.15) is 29.9 Å². The van der Waals surface area contributed by atoms with Gasteiger partial charge in [-0.05, 0) is 31.8 Å². The van der Waals surface area contributed by atoms with E-state index < -0.39 is 0 Å². The van der Waals surface area contributed by atoms with Gasteiger partial charge in [-0.15, -0.1) is 0 Å². The molecule has 0 aliphatic carbocycles. The van der Waals surface area contributed by atoms with Crippen molar-refractivity contribution in [2.75, 3.05) is 27.3 Å². The molecule has 2 rings (SSSR count). The number of nitrogens with one attached hydrogen (secondary N) is 1. The van der Waals surface area contributed by atoms with Crippen LogP contribution in [-0.2, 0) is 11.3 Å². The lowest BCUT2D eigenvalue weighted by atomic mass is 9.89. The summed E-state index contributed by atoms with van der Waals surface area (Å²) in [5.41, 5.74) is 1.53. The summed E-state index contributed by atoms with van der Waals surface area (Å²) in [6.07, 6.45) is 2.05. The first-order chi connectivity index (χ1) is 8.77. The number of hydrogen-bond donors (Lipinski definition) is 1. The number of methoxy groups -OCH3 is 2. The third-order valence-corrected chi connectivity index (χ3v) is 3.49. The first-order valence-corrected chi connectivity index (χ1v) is 6.32. The van der Waals surface area contributed by atoms with E-state index in [1.165, 1.54) is 7.11 Å². The SMILES string of the molecule is COCc1ccc(C2CCNCC2)c(OC)c1F. The topological polar surface area (TPSA) is 30.5 Å². The average molecular weight is 253 g/mol. The molecule has 0 spiro atoms. The van der Waals surface area contributed by atoms with E-state index in [-0.39, 0.29) is 12.4 Å². The van der Waals surface area contributed by atoms with Gasteiger partial charge in [0, 0.05) is 18.2 Å². The molecule has 1 heterocycles. The molecule has 1 aliphatic heterocycles. The number of benzene rings is 1. The van der Waals surface area contributed by atoms with Crippen LogP contribution in [0.2, 0.25) is 0 Å². The van der Waals surface area contributed by atoms with Crippen molar-refractivity contribution >= 4 is 0 Å². The smallest absolute Gasteiger partial charge is 0.170 e. The molecule has 1 aromatic rings. The van der Waals surface area contributed by atoms with E-state index in [1.54, 1.807) is 13.2 Å². The highest BCUT2D eigenvalue weighted by molar-refractivity contribution is 5.41. The fraction of sp³-hybridized carbons (Fsp3) is 0.571. The first-order valence-electron chi connectivity index (χ1n) is 6.32. The highest BCUT2D eigenvalue weighted by Gasteiger charge is 2.22. The molecule has 1 fully saturated rings. The number of rotatable bonds is 4. The molecule has 0 saturated carbocycles. The molecule has 1 aliphatic rings. The summed E-state index contributed by atoms with van der Waals surface area (Å²) in [5, 5.41) is 3.31. The molecule has 0 bridgehead atoms. The molecule has 0 aromatic heterocycles. The summed E-state index contributed by atoms with van der Waals surface area (Å²) in [7, 11) is 3.09. The normalized spacial score (nSPS) is 16.8. The Morgan fingerprint density at radius 1 is 1.28 bits per heavy atom. The van der Waals surface area contributed by atoms with Crippen molar-refractivity contribution in [3.8, 4) is 5.75 Å². The van der Waals surface area contributed by atoms with Crippen LogP contribution in [-0.4, -0.2) is 27.3 Å². The van der Waals surface area contributed by atoms with E-state index in [1.807, 2.05) is 6.07 Å². The number of halogens is 1. The van der Waals surface area contributed by atoms with Crippen LogP contribution in [0, 0.1) is 5.82 Å². The number of piperidine rings is 1. The quantitative estimate of drug-likeness (QED) is 0.894. The maximum Gasteiger partial charge on any atom is 0.170 e. The van der Waals surface area contributed by atoms with Crippen molar-refractivity contribution in [3.63, 3.8) is 0 Å². The second-order valence-corrected chi connectivity index (χ2v) is 4.62. The fourth-order valence-corrected chi connectivity index (χ4v) is 2.54. The lowest BCUT2D eigenvalue weighted by molar-refractivity contribution is 0.180. The molecule has 0 radical (unpaired) electrons. The van der Waals surface area contributed by atoms with E-state index in [0.29, 0.717) is 17.2 Å². The molecule has 1 N–H and O–H groups in total. The fourth-order valence-electron chi connectivity index (χ4n) is 2.54. The van der Waals surface area contributed by atoms with E-state index in [9.17, 15) is 4.39 Å². The molecular weight excluding hydrogens is 233 g/mol. The second-order valence-electron chi connectivity index (χ2n) is 4.62. The second kappa shape index (κ2) is 6.16. The first kappa shape index (κ1) is 13.3. The Bertz CT molecular complexity index is 403. The Balaban J connectivity index is 2.32. The molecule has 0 unspecified atom stereocenters. The van der Waals surface area contributed by atoms with Crippen molar-refractivity contribution in [1.29, 1.82) is 0 Å². The van der Waals surface area contributed by atoms with Crippen molar-refractivity contribution in [3.05, 3.63) is 29.1 Å². The summed E-state index contributed by atoms with van der Waals surface area (Å²) in [5.74, 6) is 0.485. The summed E-state index contributed by atoms with van der Waals surface area (Å²) in [6.45, 7) is 2.24. The molecular formula is C14H20FNO2. The van der Waals surface area contributed by atoms with Gasteiger partial charge in [0.1, 0.15) is 0 Å². The number of ether oxygens (including phenoxy) is 2. The minimum atomic E-state index is -0.282. The molecule has 0 atom stereocenters. The molecule has 18 heavy (non-hydrogen) atoms. The predicted octanol–water partition coefficient (Wildman–Crippen LogP) is 2.45. The molecule has 0 amide bonds. The van der Waals surface area contributed by atoms with Crippen LogP contribution in [0.5, 0.6) is 5.75 Å². The maximum atomic E-state index is 14.3. The number of hydrogen-bond acceptors (Lipinski definition) is 3. The highest BCUT2D eigenvalue weighted by atomic mass is 19.1. The zero-order valence-corrected chi connectivity index (χ0v) is 11.0. The van der Waals surface area contributed by atoms with E-state index in [2.05, 4.69) is 5.32 Å². The Hall–Kier alpha value is -1.13. The third kappa shape index (κ3) is 2.65. The Morgan fingerprint density at radius 3 is 2.61 bits per heavy atom. The van der Waals surface area contributed by atoms with Crippen molar-refractivity contribution < 1.29 is 13.9 Å². The lowest BCUT2D eigenvalue weighted by Crippen LogP contribution is -2.27. The van der Waals surface area contributed by atoms with Gasteiger partial charge in [-0.25, -0.2) is 4.39 Å². The standard InChI is InChI=1S/C14H20FNO2/c1-17-9-11-3-4-12(14(18-2)13(11)15)10-5-7-16-8-6-10/h3-4,10,16H,5-9H2,1-2H3. The maximum absolute atomic E-state index is 14.3. The molecule has 3 nitrogen and oxygen atoms in total. The van der Waals surface area contributed by atoms with Gasteiger partial charge in [-0.1, -0.05) is 12.1 Å². The van der Waals surface area contributed by atoms with Crippen LogP contribution in [0.15, 0.2) is 12.1 Å². The van der Waals surface area contributed by atoms with Gasteiger partial charge in [-0.3, -0.25) is 0 Å². The Kier molecular flexibility index (Phi) is 4.55. The zero-order valence-electron chi connectivity index (χ0n) is 11.0. The molecule has 100 valence electrons. The molecule has 4 heteroatoms. The van der Waals surface area contributed by atoms with E-state index in [4.69, 9.17) is 9.47 Å². The predicted molar refractivity (Wildman–Crippen MR) is 68.5 cm³/mol. The van der Waals surface area contributed by atoms with Crippen LogP contribution >= 0.6 is 0 Å². The van der Waals surface area contributed by atoms with Gasteiger partial charge in [-0.2, -0.15) is 0 Å². The molecule has 1 saturated heterocycles. The summed E-state index contributed by atoms with van der Waals surface area (Å²) in [6, 6.07) is 3.78. The lowest BCUT2D eigenvalue weighted by Gasteiger charge is -2.25. The van der Waals surface area contributed by atoms with E-state index in [0.717, 1.165) is 31.5 Å². The largest absolute Gasteiger partial charge is 0.493 e. The Labute approximate surface area is 107 Å². The van der Waals surface area contributed by atoms with Gasteiger partial charge in [0.05, 0.1) is 13.7 Å². The summed E-state index contributed by atoms with van der Waals surface area (Å²) < 4.78 is 24.5. The summed E-state index contributed by atoms with van der Waals surface area (Å²) >= 11 is 0.